The van der Waals surface area contributed by atoms with Crippen LogP contribution < -0.4 is 5.32 Å². The molecule has 34 heavy (non-hydrogen) atoms. The normalized spacial score (nSPS) is 13.8. The number of carbonyl (C=O) groups is 2. The van der Waals surface area contributed by atoms with Crippen LogP contribution in [-0.2, 0) is 28.5 Å². The molecule has 0 aliphatic heterocycles. The van der Waals surface area contributed by atoms with Gasteiger partial charge in [0, 0.05) is 31.6 Å². The van der Waals surface area contributed by atoms with Crippen LogP contribution in [-0.4, -0.2) is 66.9 Å². The van der Waals surface area contributed by atoms with Crippen LogP contribution in [0.15, 0.2) is 42.7 Å². The number of rotatable bonds is 16. The van der Waals surface area contributed by atoms with Gasteiger partial charge in [-0.15, -0.1) is 0 Å². The third-order valence-corrected chi connectivity index (χ3v) is 5.12. The van der Waals surface area contributed by atoms with Crippen molar-refractivity contribution in [3.8, 4) is 5.69 Å². The first-order chi connectivity index (χ1) is 16.5. The van der Waals surface area contributed by atoms with Gasteiger partial charge in [-0.1, -0.05) is 25.5 Å². The van der Waals surface area contributed by atoms with Crippen molar-refractivity contribution >= 4 is 11.9 Å². The molecule has 0 amide bonds. The maximum atomic E-state index is 12.5. The number of benzene rings is 1. The molecule has 0 spiro atoms. The fourth-order valence-electron chi connectivity index (χ4n) is 3.28. The maximum absolute atomic E-state index is 12.5. The summed E-state index contributed by atoms with van der Waals surface area (Å²) in [6.07, 6.45) is 2.92. The highest BCUT2D eigenvalue weighted by Gasteiger charge is 2.38. The van der Waals surface area contributed by atoms with Gasteiger partial charge < -0.3 is 24.3 Å². The Bertz CT molecular complexity index is 841. The second-order valence-electron chi connectivity index (χ2n) is 7.66. The predicted molar refractivity (Wildman–Crippen MR) is 128 cm³/mol. The summed E-state index contributed by atoms with van der Waals surface area (Å²) in [4.78, 5) is 25.0. The third kappa shape index (κ3) is 8.55. The van der Waals surface area contributed by atoms with Gasteiger partial charge in [0.05, 0.1) is 25.5 Å². The zero-order valence-electron chi connectivity index (χ0n) is 20.6. The Morgan fingerprint density at radius 3 is 2.12 bits per heavy atom. The standard InChI is InChI=1S/C25H37N3O6/c1-5-8-17-33-22(24(29)31-6-2)23(25(30)32-7-3)34-18-15-26-19(4)20-10-12-21(13-11-20)28-16-9-14-27-28/h9-14,16,19,22-23,26H,5-8,15,17-18H2,1-4H3/t19-,22-,23-/m1/s1. The van der Waals surface area contributed by atoms with Crippen LogP contribution in [0.25, 0.3) is 5.69 Å². The number of hydrogen-bond donors (Lipinski definition) is 1. The second kappa shape index (κ2) is 15.2. The van der Waals surface area contributed by atoms with E-state index in [-0.39, 0.29) is 25.9 Å². The van der Waals surface area contributed by atoms with Gasteiger partial charge >= 0.3 is 11.9 Å². The lowest BCUT2D eigenvalue weighted by molar-refractivity contribution is -0.183. The van der Waals surface area contributed by atoms with E-state index >= 15 is 0 Å². The van der Waals surface area contributed by atoms with Crippen LogP contribution in [0.4, 0.5) is 0 Å². The van der Waals surface area contributed by atoms with Crippen molar-refractivity contribution in [1.29, 1.82) is 0 Å². The second-order valence-corrected chi connectivity index (χ2v) is 7.66. The van der Waals surface area contributed by atoms with Crippen LogP contribution in [0.3, 0.4) is 0 Å². The Hall–Kier alpha value is -2.75. The summed E-state index contributed by atoms with van der Waals surface area (Å²) in [5.74, 6) is -1.27. The molecule has 188 valence electrons. The maximum Gasteiger partial charge on any atom is 0.338 e. The van der Waals surface area contributed by atoms with E-state index in [4.69, 9.17) is 18.9 Å². The molecule has 9 nitrogen and oxygen atoms in total. The van der Waals surface area contributed by atoms with E-state index in [2.05, 4.69) is 10.4 Å². The quantitative estimate of drug-likeness (QED) is 0.292. The van der Waals surface area contributed by atoms with Crippen molar-refractivity contribution in [2.75, 3.05) is 33.0 Å². The number of nitrogens with zero attached hydrogens (tertiary/aromatic N) is 2. The summed E-state index contributed by atoms with van der Waals surface area (Å²) in [5.41, 5.74) is 2.08. The molecular weight excluding hydrogens is 438 g/mol. The summed E-state index contributed by atoms with van der Waals surface area (Å²) in [5, 5.41) is 7.60. The first-order valence-corrected chi connectivity index (χ1v) is 11.9. The van der Waals surface area contributed by atoms with Crippen LogP contribution in [0.2, 0.25) is 0 Å². The van der Waals surface area contributed by atoms with E-state index in [0.717, 1.165) is 24.1 Å². The number of aromatic nitrogens is 2. The third-order valence-electron chi connectivity index (χ3n) is 5.12. The minimum absolute atomic E-state index is 0.0537. The molecule has 1 aromatic heterocycles. The number of unbranched alkanes of at least 4 members (excludes halogenated alkanes) is 1. The molecule has 0 saturated heterocycles. The Kier molecular flexibility index (Phi) is 12.3. The first kappa shape index (κ1) is 27.5. The molecule has 3 atom stereocenters. The van der Waals surface area contributed by atoms with Gasteiger partial charge in [-0.05, 0) is 51.0 Å². The number of ether oxygens (including phenoxy) is 4. The van der Waals surface area contributed by atoms with Gasteiger partial charge in [-0.25, -0.2) is 14.3 Å². The van der Waals surface area contributed by atoms with Crippen LogP contribution >= 0.6 is 0 Å². The van der Waals surface area contributed by atoms with Gasteiger partial charge in [0.15, 0.2) is 12.2 Å². The zero-order chi connectivity index (χ0) is 24.8. The molecule has 1 heterocycles. The van der Waals surface area contributed by atoms with Crippen molar-refractivity contribution in [1.82, 2.24) is 15.1 Å². The molecule has 1 aromatic carbocycles. The number of esters is 2. The average molecular weight is 476 g/mol. The first-order valence-electron chi connectivity index (χ1n) is 11.9. The zero-order valence-corrected chi connectivity index (χ0v) is 20.6. The molecule has 0 aliphatic rings. The predicted octanol–water partition coefficient (Wildman–Crippen LogP) is 3.22. The van der Waals surface area contributed by atoms with Gasteiger partial charge in [0.25, 0.3) is 0 Å². The summed E-state index contributed by atoms with van der Waals surface area (Å²) in [6, 6.07) is 10.0. The Morgan fingerprint density at radius 1 is 0.971 bits per heavy atom. The molecule has 0 fully saturated rings. The van der Waals surface area contributed by atoms with Gasteiger partial charge in [0.2, 0.25) is 0 Å². The molecule has 0 radical (unpaired) electrons. The average Bonchev–Trinajstić information content (AvgIpc) is 3.38. The summed E-state index contributed by atoms with van der Waals surface area (Å²) < 4.78 is 23.5. The SMILES string of the molecule is CCCCO[C@@H](C(=O)OCC)[C@@H](OCCN[C@H](C)c1ccc(-n2cccn2)cc1)C(=O)OCC. The van der Waals surface area contributed by atoms with Crippen molar-refractivity contribution in [3.63, 3.8) is 0 Å². The highest BCUT2D eigenvalue weighted by atomic mass is 16.6. The molecule has 2 aromatic rings. The minimum atomic E-state index is -1.19. The van der Waals surface area contributed by atoms with Crippen molar-refractivity contribution in [3.05, 3.63) is 48.3 Å². The van der Waals surface area contributed by atoms with E-state index in [1.165, 1.54) is 0 Å². The summed E-state index contributed by atoms with van der Waals surface area (Å²) >= 11 is 0. The van der Waals surface area contributed by atoms with E-state index in [1.54, 1.807) is 24.7 Å². The molecule has 2 rings (SSSR count). The highest BCUT2D eigenvalue weighted by Crippen LogP contribution is 2.16. The highest BCUT2D eigenvalue weighted by molar-refractivity contribution is 5.85. The Labute approximate surface area is 201 Å². The fraction of sp³-hybridized carbons (Fsp3) is 0.560. The molecule has 0 unspecified atom stereocenters. The number of carbonyl (C=O) groups excluding carboxylic acids is 2. The monoisotopic (exact) mass is 475 g/mol. The molecule has 0 saturated carbocycles. The van der Waals surface area contributed by atoms with E-state index in [1.807, 2.05) is 50.4 Å². The molecule has 1 N–H and O–H groups in total. The van der Waals surface area contributed by atoms with Gasteiger partial charge in [0.1, 0.15) is 0 Å². The van der Waals surface area contributed by atoms with Crippen molar-refractivity contribution in [2.24, 2.45) is 0 Å². The summed E-state index contributed by atoms with van der Waals surface area (Å²) in [6.45, 7) is 8.78. The van der Waals surface area contributed by atoms with Crippen molar-refractivity contribution in [2.45, 2.75) is 58.8 Å². The van der Waals surface area contributed by atoms with Crippen molar-refractivity contribution < 1.29 is 28.5 Å². The lowest BCUT2D eigenvalue weighted by Crippen LogP contribution is -2.46. The topological polar surface area (TPSA) is 101 Å². The van der Waals surface area contributed by atoms with E-state index < -0.39 is 24.1 Å². The smallest absolute Gasteiger partial charge is 0.338 e. The number of nitrogens with one attached hydrogen (secondary N) is 1. The molecule has 0 aliphatic carbocycles. The minimum Gasteiger partial charge on any atom is -0.464 e. The number of hydrogen-bond acceptors (Lipinski definition) is 8. The largest absolute Gasteiger partial charge is 0.464 e. The lowest BCUT2D eigenvalue weighted by Gasteiger charge is -2.25. The lowest BCUT2D eigenvalue weighted by atomic mass is 10.1. The van der Waals surface area contributed by atoms with Crippen LogP contribution in [0.5, 0.6) is 0 Å². The van der Waals surface area contributed by atoms with E-state index in [0.29, 0.717) is 13.2 Å². The van der Waals surface area contributed by atoms with Crippen LogP contribution in [0, 0.1) is 0 Å². The van der Waals surface area contributed by atoms with Gasteiger partial charge in [-0.2, -0.15) is 5.10 Å². The fourth-order valence-corrected chi connectivity index (χ4v) is 3.28. The van der Waals surface area contributed by atoms with E-state index in [9.17, 15) is 9.59 Å². The molecule has 9 heteroatoms. The van der Waals surface area contributed by atoms with Crippen LogP contribution in [0.1, 0.15) is 52.1 Å². The summed E-state index contributed by atoms with van der Waals surface area (Å²) in [7, 11) is 0. The Balaban J connectivity index is 1.94. The molecule has 0 bridgehead atoms. The Morgan fingerprint density at radius 2 is 1.59 bits per heavy atom. The molecular formula is C25H37N3O6. The van der Waals surface area contributed by atoms with Gasteiger partial charge in [-0.3, -0.25) is 0 Å².